The van der Waals surface area contributed by atoms with Gasteiger partial charge in [0.2, 0.25) is 5.95 Å². The van der Waals surface area contributed by atoms with E-state index in [0.29, 0.717) is 44.6 Å². The van der Waals surface area contributed by atoms with Crippen LogP contribution in [0.2, 0.25) is 0 Å². The lowest BCUT2D eigenvalue weighted by atomic mass is 10.3. The number of anilines is 2. The molecule has 0 saturated carbocycles. The second-order valence-corrected chi connectivity index (χ2v) is 5.62. The van der Waals surface area contributed by atoms with Crippen LogP contribution in [-0.2, 0) is 4.74 Å². The van der Waals surface area contributed by atoms with Gasteiger partial charge in [0, 0.05) is 26.2 Å². The molecule has 0 bridgehead atoms. The lowest BCUT2D eigenvalue weighted by molar-refractivity contribution is 0.105. The molecule has 3 rings (SSSR count). The number of nitrogen functional groups attached to an aromatic ring is 1. The average Bonchev–Trinajstić information content (AvgIpc) is 2.97. The number of fused-ring (bicyclic) bond motifs is 1. The minimum absolute atomic E-state index is 0.258. The fourth-order valence-electron chi connectivity index (χ4n) is 2.31. The van der Waals surface area contributed by atoms with Crippen LogP contribution in [0.3, 0.4) is 0 Å². The molecule has 1 amide bonds. The summed E-state index contributed by atoms with van der Waals surface area (Å²) >= 11 is 1.55. The Bertz CT molecular complexity index is 651. The SMILES string of the molecule is CCOC(=O)N1CCN(c2nc(N)c3ccsc3n2)CC1. The Hall–Kier alpha value is -2.09. The van der Waals surface area contributed by atoms with Crippen LogP contribution in [-0.4, -0.2) is 53.7 Å². The summed E-state index contributed by atoms with van der Waals surface area (Å²) in [6.45, 7) is 4.76. The van der Waals surface area contributed by atoms with Crippen LogP contribution in [0.15, 0.2) is 11.4 Å². The van der Waals surface area contributed by atoms with Gasteiger partial charge in [-0.3, -0.25) is 0 Å². The number of aromatic nitrogens is 2. The van der Waals surface area contributed by atoms with Gasteiger partial charge < -0.3 is 20.3 Å². The lowest BCUT2D eigenvalue weighted by Gasteiger charge is -2.34. The van der Waals surface area contributed by atoms with Crippen LogP contribution in [0.5, 0.6) is 0 Å². The van der Waals surface area contributed by atoms with Crippen LogP contribution < -0.4 is 10.6 Å². The number of hydrogen-bond donors (Lipinski definition) is 1. The number of ether oxygens (including phenoxy) is 1. The van der Waals surface area contributed by atoms with Gasteiger partial charge >= 0.3 is 6.09 Å². The minimum atomic E-state index is -0.258. The maximum absolute atomic E-state index is 11.7. The average molecular weight is 307 g/mol. The van der Waals surface area contributed by atoms with E-state index in [1.807, 2.05) is 16.3 Å². The van der Waals surface area contributed by atoms with E-state index < -0.39 is 0 Å². The summed E-state index contributed by atoms with van der Waals surface area (Å²) in [4.78, 5) is 25.2. The van der Waals surface area contributed by atoms with Crippen molar-refractivity contribution < 1.29 is 9.53 Å². The molecule has 0 unspecified atom stereocenters. The van der Waals surface area contributed by atoms with Crippen molar-refractivity contribution in [2.24, 2.45) is 0 Å². The topological polar surface area (TPSA) is 84.6 Å². The molecule has 3 heterocycles. The molecule has 1 saturated heterocycles. The van der Waals surface area contributed by atoms with Gasteiger partial charge in [-0.2, -0.15) is 4.98 Å². The number of hydrogen-bond acceptors (Lipinski definition) is 7. The summed E-state index contributed by atoms with van der Waals surface area (Å²) in [5, 5.41) is 2.85. The van der Waals surface area contributed by atoms with Gasteiger partial charge in [0.1, 0.15) is 10.6 Å². The highest BCUT2D eigenvalue weighted by Gasteiger charge is 2.24. The quantitative estimate of drug-likeness (QED) is 0.906. The summed E-state index contributed by atoms with van der Waals surface area (Å²) in [7, 11) is 0. The minimum Gasteiger partial charge on any atom is -0.450 e. The fraction of sp³-hybridized carbons (Fsp3) is 0.462. The highest BCUT2D eigenvalue weighted by atomic mass is 32.1. The Morgan fingerprint density at radius 3 is 2.86 bits per heavy atom. The summed E-state index contributed by atoms with van der Waals surface area (Å²) in [6, 6.07) is 1.93. The van der Waals surface area contributed by atoms with Crippen molar-refractivity contribution in [3.8, 4) is 0 Å². The number of nitrogens with zero attached hydrogens (tertiary/aromatic N) is 4. The second kappa shape index (κ2) is 5.72. The number of rotatable bonds is 2. The van der Waals surface area contributed by atoms with E-state index in [1.54, 1.807) is 23.2 Å². The van der Waals surface area contributed by atoms with E-state index in [4.69, 9.17) is 10.5 Å². The summed E-state index contributed by atoms with van der Waals surface area (Å²) < 4.78 is 5.01. The number of nitrogens with two attached hydrogens (primary N) is 1. The molecule has 2 aromatic heterocycles. The zero-order valence-corrected chi connectivity index (χ0v) is 12.6. The highest BCUT2D eigenvalue weighted by Crippen LogP contribution is 2.26. The van der Waals surface area contributed by atoms with Gasteiger partial charge in [-0.15, -0.1) is 11.3 Å². The number of carbonyl (C=O) groups excluding carboxylic acids is 1. The Kier molecular flexibility index (Phi) is 3.78. The van der Waals surface area contributed by atoms with E-state index in [2.05, 4.69) is 9.97 Å². The number of thiophene rings is 1. The molecule has 7 nitrogen and oxygen atoms in total. The van der Waals surface area contributed by atoms with Crippen molar-refractivity contribution in [2.45, 2.75) is 6.92 Å². The predicted octanol–water partition coefficient (Wildman–Crippen LogP) is 1.55. The predicted molar refractivity (Wildman–Crippen MR) is 82.6 cm³/mol. The van der Waals surface area contributed by atoms with E-state index in [0.717, 1.165) is 10.2 Å². The summed E-state index contributed by atoms with van der Waals surface area (Å²) in [5.41, 5.74) is 5.97. The monoisotopic (exact) mass is 307 g/mol. The van der Waals surface area contributed by atoms with Crippen molar-refractivity contribution in [1.29, 1.82) is 0 Å². The Morgan fingerprint density at radius 2 is 2.14 bits per heavy atom. The Balaban J connectivity index is 1.72. The lowest BCUT2D eigenvalue weighted by Crippen LogP contribution is -2.49. The first-order valence-corrected chi connectivity index (χ1v) is 7.74. The van der Waals surface area contributed by atoms with E-state index >= 15 is 0 Å². The zero-order valence-electron chi connectivity index (χ0n) is 11.8. The van der Waals surface area contributed by atoms with Gasteiger partial charge in [0.25, 0.3) is 0 Å². The highest BCUT2D eigenvalue weighted by molar-refractivity contribution is 7.16. The van der Waals surface area contributed by atoms with Crippen molar-refractivity contribution >= 4 is 39.4 Å². The van der Waals surface area contributed by atoms with Crippen molar-refractivity contribution in [3.05, 3.63) is 11.4 Å². The van der Waals surface area contributed by atoms with E-state index in [9.17, 15) is 4.79 Å². The molecule has 21 heavy (non-hydrogen) atoms. The third-order valence-electron chi connectivity index (χ3n) is 3.43. The first-order chi connectivity index (χ1) is 10.2. The van der Waals surface area contributed by atoms with E-state index in [-0.39, 0.29) is 6.09 Å². The molecule has 8 heteroatoms. The van der Waals surface area contributed by atoms with Gasteiger partial charge in [-0.1, -0.05) is 0 Å². The molecule has 2 aromatic rings. The smallest absolute Gasteiger partial charge is 0.409 e. The van der Waals surface area contributed by atoms with Crippen LogP contribution in [0.25, 0.3) is 10.2 Å². The number of carbonyl (C=O) groups is 1. The Labute approximate surface area is 126 Å². The fourth-order valence-corrected chi connectivity index (χ4v) is 3.08. The number of piperazine rings is 1. The molecule has 1 aliphatic heterocycles. The molecule has 0 aromatic carbocycles. The molecular formula is C13H17N5O2S. The largest absolute Gasteiger partial charge is 0.450 e. The molecule has 0 atom stereocenters. The first-order valence-electron chi connectivity index (χ1n) is 6.86. The third-order valence-corrected chi connectivity index (χ3v) is 4.24. The van der Waals surface area contributed by atoms with Crippen molar-refractivity contribution in [1.82, 2.24) is 14.9 Å². The molecule has 1 fully saturated rings. The van der Waals surface area contributed by atoms with Crippen LogP contribution in [0, 0.1) is 0 Å². The molecule has 0 spiro atoms. The molecule has 0 radical (unpaired) electrons. The number of amides is 1. The third kappa shape index (κ3) is 2.71. The molecular weight excluding hydrogens is 290 g/mol. The van der Waals surface area contributed by atoms with Crippen LogP contribution in [0.4, 0.5) is 16.6 Å². The first kappa shape index (κ1) is 13.9. The summed E-state index contributed by atoms with van der Waals surface area (Å²) in [5.74, 6) is 1.13. The molecule has 112 valence electrons. The van der Waals surface area contributed by atoms with Crippen molar-refractivity contribution in [3.63, 3.8) is 0 Å². The molecule has 2 N–H and O–H groups in total. The normalized spacial score (nSPS) is 15.5. The van der Waals surface area contributed by atoms with Gasteiger partial charge in [-0.05, 0) is 18.4 Å². The van der Waals surface area contributed by atoms with Crippen molar-refractivity contribution in [2.75, 3.05) is 43.4 Å². The van der Waals surface area contributed by atoms with Gasteiger partial charge in [0.05, 0.1) is 12.0 Å². The molecule has 0 aliphatic carbocycles. The molecule has 1 aliphatic rings. The maximum Gasteiger partial charge on any atom is 0.409 e. The summed E-state index contributed by atoms with van der Waals surface area (Å²) in [6.07, 6.45) is -0.258. The Morgan fingerprint density at radius 1 is 1.38 bits per heavy atom. The van der Waals surface area contributed by atoms with Gasteiger partial charge in [-0.25, -0.2) is 9.78 Å². The van der Waals surface area contributed by atoms with Crippen LogP contribution >= 0.6 is 11.3 Å². The van der Waals surface area contributed by atoms with Crippen LogP contribution in [0.1, 0.15) is 6.92 Å². The van der Waals surface area contributed by atoms with E-state index in [1.165, 1.54) is 0 Å². The second-order valence-electron chi connectivity index (χ2n) is 4.72. The maximum atomic E-state index is 11.7. The zero-order chi connectivity index (χ0) is 14.8. The standard InChI is InChI=1S/C13H17N5O2S/c1-2-20-13(19)18-6-4-17(5-7-18)12-15-10(14)9-3-8-21-11(9)16-12/h3,8H,2,4-7H2,1H3,(H2,14,15,16). The van der Waals surface area contributed by atoms with Gasteiger partial charge in [0.15, 0.2) is 0 Å².